The van der Waals surface area contributed by atoms with E-state index in [-0.39, 0.29) is 5.82 Å². The number of benzene rings is 1. The van der Waals surface area contributed by atoms with E-state index in [4.69, 9.17) is 0 Å². The Kier molecular flexibility index (Phi) is 8.65. The molecule has 1 rings (SSSR count). The van der Waals surface area contributed by atoms with E-state index >= 15 is 0 Å². The van der Waals surface area contributed by atoms with E-state index in [1.54, 1.807) is 12.3 Å². The molecule has 0 heterocycles. The lowest BCUT2D eigenvalue weighted by atomic mass is 10.1. The molecule has 0 saturated heterocycles. The minimum Gasteiger partial charge on any atom is -0.256 e. The van der Waals surface area contributed by atoms with Crippen molar-refractivity contribution >= 4 is 21.5 Å². The molecule has 1 aromatic rings. The first kappa shape index (κ1) is 19.4. The highest BCUT2D eigenvalue weighted by Crippen LogP contribution is 2.23. The Labute approximate surface area is 140 Å². The van der Waals surface area contributed by atoms with Gasteiger partial charge in [0.1, 0.15) is 12.5 Å². The smallest absolute Gasteiger partial charge is 0.126 e. The quantitative estimate of drug-likeness (QED) is 0.335. The van der Waals surface area contributed by atoms with Crippen molar-refractivity contribution in [2.75, 3.05) is 6.67 Å². The largest absolute Gasteiger partial charge is 0.256 e. The normalized spacial score (nSPS) is 13.9. The van der Waals surface area contributed by atoms with Crippen LogP contribution in [0.3, 0.4) is 0 Å². The van der Waals surface area contributed by atoms with Gasteiger partial charge in [0.2, 0.25) is 0 Å². The van der Waals surface area contributed by atoms with Crippen molar-refractivity contribution in [3.63, 3.8) is 0 Å². The highest BCUT2D eigenvalue weighted by atomic mass is 31.0. The first-order valence-corrected chi connectivity index (χ1v) is 8.34. The summed E-state index contributed by atoms with van der Waals surface area (Å²) in [6.07, 6.45) is 8.58. The highest BCUT2D eigenvalue weighted by molar-refractivity contribution is 7.23. The molecule has 0 spiro atoms. The molecular formula is C19H24F2NP. The summed E-state index contributed by atoms with van der Waals surface area (Å²) in [4.78, 5) is 4.35. The number of hydrogen-bond acceptors (Lipinski definition) is 1. The number of hydrogen-bond donors (Lipinski definition) is 0. The maximum atomic E-state index is 13.6. The fraction of sp³-hybridized carbons (Fsp3) is 0.316. The Morgan fingerprint density at radius 3 is 2.61 bits per heavy atom. The second kappa shape index (κ2) is 10.2. The second-order valence-electron chi connectivity index (χ2n) is 5.06. The van der Waals surface area contributed by atoms with E-state index in [0.29, 0.717) is 17.6 Å². The third-order valence-electron chi connectivity index (χ3n) is 3.33. The molecule has 0 fully saturated rings. The van der Waals surface area contributed by atoms with Crippen molar-refractivity contribution in [3.8, 4) is 0 Å². The Balaban J connectivity index is 3.03. The van der Waals surface area contributed by atoms with E-state index in [1.165, 1.54) is 6.07 Å². The highest BCUT2D eigenvalue weighted by Gasteiger charge is 2.02. The number of aryl methyl sites for hydroxylation is 1. The number of halogens is 2. The van der Waals surface area contributed by atoms with Gasteiger partial charge in [0, 0.05) is 6.21 Å². The van der Waals surface area contributed by atoms with Gasteiger partial charge in [-0.3, -0.25) is 4.99 Å². The van der Waals surface area contributed by atoms with Gasteiger partial charge in [-0.1, -0.05) is 32.1 Å². The van der Waals surface area contributed by atoms with Crippen LogP contribution in [0.5, 0.6) is 0 Å². The molecule has 124 valence electrons. The van der Waals surface area contributed by atoms with Crippen LogP contribution >= 0.6 is 9.24 Å². The first-order chi connectivity index (χ1) is 11.0. The van der Waals surface area contributed by atoms with Gasteiger partial charge >= 0.3 is 0 Å². The molecule has 1 nitrogen and oxygen atoms in total. The predicted octanol–water partition coefficient (Wildman–Crippen LogP) is 5.88. The first-order valence-electron chi connectivity index (χ1n) is 7.77. The molecule has 0 radical (unpaired) electrons. The number of aliphatic imine (C=N–C) groups is 1. The summed E-state index contributed by atoms with van der Waals surface area (Å²) in [7, 11) is 2.63. The molecule has 1 unspecified atom stereocenters. The lowest BCUT2D eigenvalue weighted by Gasteiger charge is -2.05. The lowest BCUT2D eigenvalue weighted by molar-refractivity contribution is 0.553. The average Bonchev–Trinajstić information content (AvgIpc) is 2.56. The molecular weight excluding hydrogens is 311 g/mol. The SMILES string of the molecule is C/C=C(\N=C\C(=C\CC)CF)C(/P)=C/c1ccc(F)c(CC)c1. The zero-order chi connectivity index (χ0) is 17.2. The molecule has 0 aliphatic rings. The topological polar surface area (TPSA) is 12.4 Å². The zero-order valence-electron chi connectivity index (χ0n) is 13.9. The van der Waals surface area contributed by atoms with Crippen LogP contribution in [-0.2, 0) is 6.42 Å². The van der Waals surface area contributed by atoms with E-state index in [2.05, 4.69) is 14.2 Å². The van der Waals surface area contributed by atoms with Gasteiger partial charge in [-0.15, -0.1) is 9.24 Å². The van der Waals surface area contributed by atoms with E-state index in [0.717, 1.165) is 23.0 Å². The van der Waals surface area contributed by atoms with Crippen LogP contribution in [0.25, 0.3) is 6.08 Å². The Bertz CT molecular complexity index is 643. The molecule has 0 aliphatic heterocycles. The van der Waals surface area contributed by atoms with Gasteiger partial charge in [0.05, 0.1) is 5.70 Å². The molecule has 1 atom stereocenters. The molecule has 0 N–H and O–H groups in total. The van der Waals surface area contributed by atoms with Crippen molar-refractivity contribution in [2.45, 2.75) is 33.6 Å². The van der Waals surface area contributed by atoms with Crippen LogP contribution < -0.4 is 0 Å². The monoisotopic (exact) mass is 335 g/mol. The number of rotatable bonds is 7. The van der Waals surface area contributed by atoms with Gasteiger partial charge < -0.3 is 0 Å². The number of alkyl halides is 1. The Morgan fingerprint density at radius 2 is 2.04 bits per heavy atom. The minimum absolute atomic E-state index is 0.184. The van der Waals surface area contributed by atoms with E-state index < -0.39 is 6.67 Å². The summed E-state index contributed by atoms with van der Waals surface area (Å²) in [5.74, 6) is -0.184. The number of allylic oxidation sites excluding steroid dienone is 4. The van der Waals surface area contributed by atoms with Gasteiger partial charge in [-0.05, 0) is 60.0 Å². The molecule has 1 aromatic carbocycles. The van der Waals surface area contributed by atoms with Gasteiger partial charge in [0.15, 0.2) is 0 Å². The van der Waals surface area contributed by atoms with Crippen LogP contribution in [-0.4, -0.2) is 12.9 Å². The third-order valence-corrected chi connectivity index (χ3v) is 3.79. The van der Waals surface area contributed by atoms with Crippen molar-refractivity contribution in [3.05, 3.63) is 63.9 Å². The lowest BCUT2D eigenvalue weighted by Crippen LogP contribution is -1.90. The maximum absolute atomic E-state index is 13.6. The van der Waals surface area contributed by atoms with Gasteiger partial charge in [0.25, 0.3) is 0 Å². The molecule has 0 aliphatic carbocycles. The maximum Gasteiger partial charge on any atom is 0.126 e. The summed E-state index contributed by atoms with van der Waals surface area (Å²) >= 11 is 0. The Hall–Kier alpha value is -1.60. The van der Waals surface area contributed by atoms with Gasteiger partial charge in [-0.25, -0.2) is 8.78 Å². The van der Waals surface area contributed by atoms with Crippen LogP contribution in [0.15, 0.2) is 51.9 Å². The number of nitrogens with zero attached hydrogens (tertiary/aromatic N) is 1. The Morgan fingerprint density at radius 1 is 1.30 bits per heavy atom. The molecule has 0 saturated carbocycles. The third kappa shape index (κ3) is 6.19. The summed E-state index contributed by atoms with van der Waals surface area (Å²) in [6.45, 7) is 5.24. The van der Waals surface area contributed by atoms with Crippen molar-refractivity contribution < 1.29 is 8.78 Å². The summed E-state index contributed by atoms with van der Waals surface area (Å²) in [5, 5.41) is 0.868. The fourth-order valence-electron chi connectivity index (χ4n) is 2.08. The van der Waals surface area contributed by atoms with Crippen molar-refractivity contribution in [2.24, 2.45) is 4.99 Å². The minimum atomic E-state index is -0.526. The predicted molar refractivity (Wildman–Crippen MR) is 100 cm³/mol. The molecule has 0 amide bonds. The van der Waals surface area contributed by atoms with Crippen LogP contribution in [0, 0.1) is 5.82 Å². The molecule has 4 heteroatoms. The molecule has 0 bridgehead atoms. The summed E-state index contributed by atoms with van der Waals surface area (Å²) in [5.41, 5.74) is 2.91. The van der Waals surface area contributed by atoms with Crippen molar-refractivity contribution in [1.82, 2.24) is 0 Å². The second-order valence-corrected chi connectivity index (χ2v) is 5.68. The van der Waals surface area contributed by atoms with E-state index in [9.17, 15) is 8.78 Å². The summed E-state index contributed by atoms with van der Waals surface area (Å²) in [6, 6.07) is 5.05. The average molecular weight is 335 g/mol. The fourth-order valence-corrected chi connectivity index (χ4v) is 2.51. The van der Waals surface area contributed by atoms with E-state index in [1.807, 2.05) is 45.1 Å². The van der Waals surface area contributed by atoms with Gasteiger partial charge in [-0.2, -0.15) is 0 Å². The van der Waals surface area contributed by atoms with Crippen LogP contribution in [0.2, 0.25) is 0 Å². The van der Waals surface area contributed by atoms with Crippen LogP contribution in [0.4, 0.5) is 8.78 Å². The molecule has 0 aromatic heterocycles. The standard InChI is InChI=1S/C19H24F2NP/c1-4-7-15(12-20)13-22-18(6-3)19(23)11-14-8-9-17(21)16(5-2)10-14/h6-11,13H,4-5,12,23H2,1-3H3/b15-7+,18-6-,19-11-,22-13+. The van der Waals surface area contributed by atoms with Crippen molar-refractivity contribution in [1.29, 1.82) is 0 Å². The summed E-state index contributed by atoms with van der Waals surface area (Å²) < 4.78 is 26.4. The van der Waals surface area contributed by atoms with Crippen LogP contribution in [0.1, 0.15) is 38.3 Å². The zero-order valence-corrected chi connectivity index (χ0v) is 15.1. The molecule has 23 heavy (non-hydrogen) atoms.